The molecule has 6 heteroatoms. The van der Waals surface area contributed by atoms with Gasteiger partial charge in [0.15, 0.2) is 0 Å². The second-order valence-electron chi connectivity index (χ2n) is 10.2. The first kappa shape index (κ1) is 23.9. The molecule has 1 fully saturated rings. The summed E-state index contributed by atoms with van der Waals surface area (Å²) in [4.78, 5) is 14.4. The summed E-state index contributed by atoms with van der Waals surface area (Å²) in [6, 6.07) is 12.3. The Kier molecular flexibility index (Phi) is 6.92. The molecule has 5 nitrogen and oxygen atoms in total. The van der Waals surface area contributed by atoms with Crippen molar-refractivity contribution >= 4 is 17.6 Å². The summed E-state index contributed by atoms with van der Waals surface area (Å²) in [6.07, 6.45) is 2.89. The third-order valence-corrected chi connectivity index (χ3v) is 6.90. The number of benzene rings is 2. The van der Waals surface area contributed by atoms with Gasteiger partial charge in [0, 0.05) is 27.6 Å². The van der Waals surface area contributed by atoms with Crippen LogP contribution in [0, 0.1) is 0 Å². The minimum atomic E-state index is -0.448. The minimum absolute atomic E-state index is 0.0110. The first-order valence-electron chi connectivity index (χ1n) is 11.8. The van der Waals surface area contributed by atoms with Crippen LogP contribution in [0.2, 0.25) is 5.02 Å². The van der Waals surface area contributed by atoms with Gasteiger partial charge in [-0.1, -0.05) is 36.7 Å². The van der Waals surface area contributed by atoms with E-state index in [-0.39, 0.29) is 11.4 Å². The molecule has 1 spiro atoms. The lowest BCUT2D eigenvalue weighted by Gasteiger charge is -2.38. The van der Waals surface area contributed by atoms with E-state index >= 15 is 0 Å². The van der Waals surface area contributed by atoms with Crippen LogP contribution in [-0.2, 0) is 28.0 Å². The molecular formula is C27H34ClNO4. The molecule has 33 heavy (non-hydrogen) atoms. The highest BCUT2D eigenvalue weighted by atomic mass is 35.5. The van der Waals surface area contributed by atoms with Gasteiger partial charge in [0.25, 0.3) is 0 Å². The summed E-state index contributed by atoms with van der Waals surface area (Å²) < 4.78 is 17.6. The molecule has 2 aromatic rings. The zero-order valence-electron chi connectivity index (χ0n) is 20.1. The minimum Gasteiger partial charge on any atom is -0.492 e. The molecule has 0 amide bonds. The maximum Gasteiger partial charge on any atom is 0.320 e. The number of ether oxygens (including phenoxy) is 3. The molecule has 2 aliphatic rings. The van der Waals surface area contributed by atoms with E-state index in [1.54, 1.807) is 0 Å². The van der Waals surface area contributed by atoms with E-state index < -0.39 is 5.60 Å². The van der Waals surface area contributed by atoms with Crippen LogP contribution in [0.1, 0.15) is 57.2 Å². The number of fused-ring (bicyclic) bond motifs is 2. The van der Waals surface area contributed by atoms with Crippen LogP contribution < -0.4 is 9.47 Å². The van der Waals surface area contributed by atoms with Gasteiger partial charge < -0.3 is 14.2 Å². The molecule has 0 aliphatic carbocycles. The fourth-order valence-corrected chi connectivity index (χ4v) is 4.84. The van der Waals surface area contributed by atoms with Crippen LogP contribution in [-0.4, -0.2) is 42.7 Å². The van der Waals surface area contributed by atoms with E-state index in [1.807, 2.05) is 45.0 Å². The highest BCUT2D eigenvalue weighted by molar-refractivity contribution is 6.31. The Balaban J connectivity index is 1.37. The number of likely N-dealkylation sites (tertiary alicyclic amines) is 1. The van der Waals surface area contributed by atoms with Crippen molar-refractivity contribution in [1.29, 1.82) is 0 Å². The lowest BCUT2D eigenvalue weighted by molar-refractivity contribution is -0.156. The van der Waals surface area contributed by atoms with E-state index in [2.05, 4.69) is 24.0 Å². The number of piperidine rings is 1. The third kappa shape index (κ3) is 5.64. The largest absolute Gasteiger partial charge is 0.492 e. The Labute approximate surface area is 202 Å². The summed E-state index contributed by atoms with van der Waals surface area (Å²) in [6.45, 7) is 11.0. The normalized spacial score (nSPS) is 17.5. The maximum atomic E-state index is 12.2. The molecule has 1 saturated heterocycles. The maximum absolute atomic E-state index is 12.2. The van der Waals surface area contributed by atoms with Crippen molar-refractivity contribution in [2.24, 2.45) is 0 Å². The van der Waals surface area contributed by atoms with Crippen molar-refractivity contribution < 1.29 is 19.0 Å². The predicted octanol–water partition coefficient (Wildman–Crippen LogP) is 5.55. The lowest BCUT2D eigenvalue weighted by Crippen LogP contribution is -2.46. The van der Waals surface area contributed by atoms with Crippen molar-refractivity contribution in [2.75, 3.05) is 26.2 Å². The van der Waals surface area contributed by atoms with Crippen LogP contribution in [0.3, 0.4) is 0 Å². The van der Waals surface area contributed by atoms with Crippen LogP contribution in [0.4, 0.5) is 0 Å². The number of hydrogen-bond acceptors (Lipinski definition) is 5. The molecule has 0 N–H and O–H groups in total. The van der Waals surface area contributed by atoms with Crippen LogP contribution in [0.5, 0.6) is 11.5 Å². The molecule has 0 aromatic heterocycles. The van der Waals surface area contributed by atoms with Gasteiger partial charge in [-0.15, -0.1) is 0 Å². The number of carbonyl (C=O) groups excluding carboxylic acids is 1. The first-order valence-corrected chi connectivity index (χ1v) is 12.2. The van der Waals surface area contributed by atoms with Gasteiger partial charge in [0.05, 0.1) is 13.2 Å². The van der Waals surface area contributed by atoms with Crippen molar-refractivity contribution in [3.63, 3.8) is 0 Å². The third-order valence-electron chi connectivity index (χ3n) is 6.53. The molecular weight excluding hydrogens is 438 g/mol. The van der Waals surface area contributed by atoms with Gasteiger partial charge in [-0.05, 0) is 70.8 Å². The average Bonchev–Trinajstić information content (AvgIpc) is 3.11. The summed E-state index contributed by atoms with van der Waals surface area (Å²) in [5, 5.41) is 0.724. The van der Waals surface area contributed by atoms with Gasteiger partial charge in [-0.25, -0.2) is 0 Å². The van der Waals surface area contributed by atoms with Gasteiger partial charge >= 0.3 is 5.97 Å². The molecule has 2 aliphatic heterocycles. The Bertz CT molecular complexity index is 1010. The van der Waals surface area contributed by atoms with Crippen LogP contribution in [0.15, 0.2) is 36.4 Å². The molecule has 0 radical (unpaired) electrons. The summed E-state index contributed by atoms with van der Waals surface area (Å²) in [7, 11) is 0. The monoisotopic (exact) mass is 471 g/mol. The molecule has 0 bridgehead atoms. The quantitative estimate of drug-likeness (QED) is 0.517. The number of esters is 1. The highest BCUT2D eigenvalue weighted by Crippen LogP contribution is 2.46. The zero-order chi connectivity index (χ0) is 23.6. The van der Waals surface area contributed by atoms with E-state index in [4.69, 9.17) is 25.8 Å². The van der Waals surface area contributed by atoms with Crippen molar-refractivity contribution in [3.8, 4) is 11.5 Å². The number of halogens is 1. The summed E-state index contributed by atoms with van der Waals surface area (Å²) in [5.41, 5.74) is 3.05. The fraction of sp³-hybridized carbons (Fsp3) is 0.519. The second-order valence-corrected chi connectivity index (χ2v) is 10.6. The van der Waals surface area contributed by atoms with Crippen molar-refractivity contribution in [3.05, 3.63) is 58.1 Å². The van der Waals surface area contributed by atoms with Gasteiger partial charge in [0.2, 0.25) is 0 Å². The van der Waals surface area contributed by atoms with Gasteiger partial charge in [-0.3, -0.25) is 9.69 Å². The highest BCUT2D eigenvalue weighted by Gasteiger charge is 2.43. The predicted molar refractivity (Wildman–Crippen MR) is 130 cm³/mol. The van der Waals surface area contributed by atoms with E-state index in [0.29, 0.717) is 19.8 Å². The molecule has 2 heterocycles. The van der Waals surface area contributed by atoms with Crippen LogP contribution >= 0.6 is 11.6 Å². The Morgan fingerprint density at radius 3 is 2.61 bits per heavy atom. The topological polar surface area (TPSA) is 48.0 Å². The Morgan fingerprint density at radius 2 is 1.91 bits per heavy atom. The number of aryl methyl sites for hydroxylation is 1. The van der Waals surface area contributed by atoms with Gasteiger partial charge in [0.1, 0.15) is 23.7 Å². The second kappa shape index (κ2) is 9.55. The smallest absolute Gasteiger partial charge is 0.320 e. The molecule has 0 unspecified atom stereocenters. The lowest BCUT2D eigenvalue weighted by atomic mass is 9.74. The van der Waals surface area contributed by atoms with Crippen molar-refractivity contribution in [1.82, 2.24) is 4.90 Å². The fourth-order valence-electron chi connectivity index (χ4n) is 4.67. The SMILES string of the molecule is CCc1ccc(Cl)c(COc2ccc3c(c2)OCC32CCN(CC(=O)OC(C)(C)C)CC2)c1. The van der Waals surface area contributed by atoms with Crippen LogP contribution in [0.25, 0.3) is 0 Å². The average molecular weight is 472 g/mol. The standard InChI is InChI=1S/C27H34ClNO4/c1-5-19-6-9-23(28)20(14-19)17-31-21-7-8-22-24(15-21)32-18-27(22)10-12-29(13-11-27)16-25(30)33-26(2,3)4/h6-9,14-15H,5,10-13,16-18H2,1-4H3. The summed E-state index contributed by atoms with van der Waals surface area (Å²) in [5.74, 6) is 1.53. The number of nitrogens with zero attached hydrogens (tertiary/aromatic N) is 1. The molecule has 4 rings (SSSR count). The molecule has 0 atom stereocenters. The van der Waals surface area contributed by atoms with E-state index in [1.165, 1.54) is 11.1 Å². The van der Waals surface area contributed by atoms with Gasteiger partial charge in [-0.2, -0.15) is 0 Å². The summed E-state index contributed by atoms with van der Waals surface area (Å²) >= 11 is 6.35. The van der Waals surface area contributed by atoms with E-state index in [0.717, 1.165) is 54.4 Å². The van der Waals surface area contributed by atoms with E-state index in [9.17, 15) is 4.79 Å². The zero-order valence-corrected chi connectivity index (χ0v) is 20.8. The Hall–Kier alpha value is -2.24. The first-order chi connectivity index (χ1) is 15.7. The molecule has 0 saturated carbocycles. The number of rotatable bonds is 6. The number of hydrogen-bond donors (Lipinski definition) is 0. The number of carbonyl (C=O) groups is 1. The molecule has 178 valence electrons. The van der Waals surface area contributed by atoms with Crippen molar-refractivity contribution in [2.45, 2.75) is 64.6 Å². The molecule has 2 aromatic carbocycles. The Morgan fingerprint density at radius 1 is 1.15 bits per heavy atom.